The predicted octanol–water partition coefficient (Wildman–Crippen LogP) is 3.05. The summed E-state index contributed by atoms with van der Waals surface area (Å²) >= 11 is 1.13. The third-order valence-electron chi connectivity index (χ3n) is 4.12. The zero-order chi connectivity index (χ0) is 18.2. The summed E-state index contributed by atoms with van der Waals surface area (Å²) in [4.78, 5) is 12.5. The highest BCUT2D eigenvalue weighted by Crippen LogP contribution is 2.21. The van der Waals surface area contributed by atoms with Gasteiger partial charge in [-0.05, 0) is 42.5 Å². The molecular formula is C18H11N7OS. The van der Waals surface area contributed by atoms with Gasteiger partial charge in [0.25, 0.3) is 5.91 Å². The van der Waals surface area contributed by atoms with Crippen LogP contribution in [-0.4, -0.2) is 34.5 Å². The molecule has 0 aliphatic heterocycles. The van der Waals surface area contributed by atoms with Gasteiger partial charge in [-0.25, -0.2) is 0 Å². The van der Waals surface area contributed by atoms with E-state index in [0.717, 1.165) is 34.0 Å². The molecule has 0 spiro atoms. The first kappa shape index (κ1) is 15.5. The Morgan fingerprint density at radius 1 is 0.963 bits per heavy atom. The van der Waals surface area contributed by atoms with Gasteiger partial charge >= 0.3 is 0 Å². The highest BCUT2D eigenvalue weighted by atomic mass is 32.1. The number of amides is 1. The van der Waals surface area contributed by atoms with Crippen molar-refractivity contribution in [1.29, 1.82) is 0 Å². The van der Waals surface area contributed by atoms with Crippen molar-refractivity contribution >= 4 is 40.0 Å². The highest BCUT2D eigenvalue weighted by molar-refractivity contribution is 7.00. The van der Waals surface area contributed by atoms with Crippen molar-refractivity contribution in [2.75, 3.05) is 5.32 Å². The molecule has 0 atom stereocenters. The van der Waals surface area contributed by atoms with Crippen molar-refractivity contribution in [3.63, 3.8) is 0 Å². The lowest BCUT2D eigenvalue weighted by atomic mass is 10.1. The molecule has 1 amide bonds. The summed E-state index contributed by atoms with van der Waals surface area (Å²) in [6.45, 7) is 0. The summed E-state index contributed by atoms with van der Waals surface area (Å²) in [6.07, 6.45) is 1.56. The van der Waals surface area contributed by atoms with Crippen LogP contribution in [0, 0.1) is 0 Å². The van der Waals surface area contributed by atoms with Crippen LogP contribution in [0.25, 0.3) is 27.9 Å². The molecule has 3 heterocycles. The average Bonchev–Trinajstić information content (AvgIpc) is 3.36. The topological polar surface area (TPSA) is 98.0 Å². The molecule has 0 bridgehead atoms. The van der Waals surface area contributed by atoms with E-state index in [1.807, 2.05) is 36.4 Å². The molecule has 0 saturated carbocycles. The number of aromatic nitrogens is 6. The van der Waals surface area contributed by atoms with E-state index in [-0.39, 0.29) is 5.91 Å². The van der Waals surface area contributed by atoms with Crippen LogP contribution in [0.5, 0.6) is 0 Å². The SMILES string of the molecule is O=C(Nc1ccc(-c2ccc3nncn3n2)cc1)c1ccc2nsnc2c1. The zero-order valence-electron chi connectivity index (χ0n) is 13.8. The molecule has 0 saturated heterocycles. The lowest BCUT2D eigenvalue weighted by Gasteiger charge is -2.07. The van der Waals surface area contributed by atoms with E-state index >= 15 is 0 Å². The van der Waals surface area contributed by atoms with E-state index in [9.17, 15) is 4.79 Å². The number of rotatable bonds is 3. The minimum atomic E-state index is -0.193. The Morgan fingerprint density at radius 3 is 2.70 bits per heavy atom. The molecule has 9 heteroatoms. The smallest absolute Gasteiger partial charge is 0.255 e. The molecule has 0 fully saturated rings. The highest BCUT2D eigenvalue weighted by Gasteiger charge is 2.09. The fourth-order valence-electron chi connectivity index (χ4n) is 2.73. The van der Waals surface area contributed by atoms with Crippen molar-refractivity contribution in [3.8, 4) is 11.3 Å². The van der Waals surface area contributed by atoms with Crippen molar-refractivity contribution < 1.29 is 4.79 Å². The number of hydrogen-bond donors (Lipinski definition) is 1. The molecule has 8 nitrogen and oxygen atoms in total. The molecule has 3 aromatic heterocycles. The van der Waals surface area contributed by atoms with Gasteiger partial charge in [-0.1, -0.05) is 12.1 Å². The van der Waals surface area contributed by atoms with Crippen molar-refractivity contribution in [3.05, 3.63) is 66.5 Å². The first-order chi connectivity index (χ1) is 13.3. The Balaban J connectivity index is 1.37. The first-order valence-electron chi connectivity index (χ1n) is 8.07. The standard InChI is InChI=1S/C18H11N7OS/c26-18(12-3-6-15-16(9-12)24-27-23-15)20-13-4-1-11(2-5-13)14-7-8-17-21-19-10-25(17)22-14/h1-10H,(H,20,26). The molecule has 0 aliphatic rings. The third-order valence-corrected chi connectivity index (χ3v) is 4.67. The molecule has 0 aliphatic carbocycles. The first-order valence-corrected chi connectivity index (χ1v) is 8.80. The molecule has 5 aromatic rings. The zero-order valence-corrected chi connectivity index (χ0v) is 14.6. The maximum absolute atomic E-state index is 12.5. The number of nitrogens with zero attached hydrogens (tertiary/aromatic N) is 6. The summed E-state index contributed by atoms with van der Waals surface area (Å²) in [5.41, 5.74) is 5.16. The Kier molecular flexibility index (Phi) is 3.58. The monoisotopic (exact) mass is 373 g/mol. The summed E-state index contributed by atoms with van der Waals surface area (Å²) < 4.78 is 9.92. The molecule has 0 radical (unpaired) electrons. The van der Waals surface area contributed by atoms with E-state index < -0.39 is 0 Å². The second kappa shape index (κ2) is 6.22. The molecule has 2 aromatic carbocycles. The largest absolute Gasteiger partial charge is 0.322 e. The summed E-state index contributed by atoms with van der Waals surface area (Å²) in [6, 6.07) is 16.5. The molecule has 1 N–H and O–H groups in total. The van der Waals surface area contributed by atoms with Gasteiger partial charge in [0.2, 0.25) is 0 Å². The fourth-order valence-corrected chi connectivity index (χ4v) is 3.25. The van der Waals surface area contributed by atoms with E-state index in [1.54, 1.807) is 29.0 Å². The second-order valence-corrected chi connectivity index (χ2v) is 6.38. The number of hydrogen-bond acceptors (Lipinski definition) is 7. The van der Waals surface area contributed by atoms with Crippen LogP contribution >= 0.6 is 11.7 Å². The van der Waals surface area contributed by atoms with Crippen LogP contribution in [0.1, 0.15) is 10.4 Å². The Labute approximate surface area is 156 Å². The van der Waals surface area contributed by atoms with Crippen molar-refractivity contribution in [2.24, 2.45) is 0 Å². The quantitative estimate of drug-likeness (QED) is 0.522. The van der Waals surface area contributed by atoms with Gasteiger partial charge in [-0.2, -0.15) is 18.4 Å². The van der Waals surface area contributed by atoms with E-state index in [2.05, 4.69) is 29.4 Å². The van der Waals surface area contributed by atoms with Crippen molar-refractivity contribution in [1.82, 2.24) is 28.6 Å². The number of fused-ring (bicyclic) bond motifs is 2. The molecule has 27 heavy (non-hydrogen) atoms. The maximum atomic E-state index is 12.5. The minimum absolute atomic E-state index is 0.193. The Bertz CT molecular complexity index is 1280. The van der Waals surface area contributed by atoms with Crippen LogP contribution in [0.2, 0.25) is 0 Å². The predicted molar refractivity (Wildman–Crippen MR) is 102 cm³/mol. The summed E-state index contributed by atoms with van der Waals surface area (Å²) in [5, 5.41) is 15.1. The molecule has 130 valence electrons. The number of nitrogens with one attached hydrogen (secondary N) is 1. The third kappa shape index (κ3) is 2.89. The van der Waals surface area contributed by atoms with Gasteiger partial charge in [0.15, 0.2) is 5.65 Å². The van der Waals surface area contributed by atoms with Crippen LogP contribution in [0.3, 0.4) is 0 Å². The van der Waals surface area contributed by atoms with Gasteiger partial charge in [0.05, 0.1) is 17.4 Å². The maximum Gasteiger partial charge on any atom is 0.255 e. The summed E-state index contributed by atoms with van der Waals surface area (Å²) in [7, 11) is 0. The van der Waals surface area contributed by atoms with E-state index in [1.165, 1.54) is 0 Å². The van der Waals surface area contributed by atoms with E-state index in [4.69, 9.17) is 0 Å². The number of carbonyl (C=O) groups excluding carboxylic acids is 1. The van der Waals surface area contributed by atoms with Gasteiger partial charge in [-0.3, -0.25) is 4.79 Å². The van der Waals surface area contributed by atoms with Crippen molar-refractivity contribution in [2.45, 2.75) is 0 Å². The van der Waals surface area contributed by atoms with Gasteiger partial charge < -0.3 is 5.32 Å². The second-order valence-electron chi connectivity index (χ2n) is 5.85. The minimum Gasteiger partial charge on any atom is -0.322 e. The van der Waals surface area contributed by atoms with E-state index in [0.29, 0.717) is 16.9 Å². The van der Waals surface area contributed by atoms with Crippen LogP contribution < -0.4 is 5.32 Å². The summed E-state index contributed by atoms with van der Waals surface area (Å²) in [5.74, 6) is -0.193. The fraction of sp³-hybridized carbons (Fsp3) is 0. The number of anilines is 1. The lowest BCUT2D eigenvalue weighted by molar-refractivity contribution is 0.102. The Hall–Kier alpha value is -3.72. The normalized spacial score (nSPS) is 11.1. The lowest BCUT2D eigenvalue weighted by Crippen LogP contribution is -2.11. The van der Waals surface area contributed by atoms with Gasteiger partial charge in [0.1, 0.15) is 17.4 Å². The van der Waals surface area contributed by atoms with Crippen LogP contribution in [-0.2, 0) is 0 Å². The number of benzene rings is 2. The Morgan fingerprint density at radius 2 is 1.81 bits per heavy atom. The van der Waals surface area contributed by atoms with Gasteiger partial charge in [-0.15, -0.1) is 10.2 Å². The average molecular weight is 373 g/mol. The molecular weight excluding hydrogens is 362 g/mol. The van der Waals surface area contributed by atoms with Crippen LogP contribution in [0.15, 0.2) is 60.9 Å². The molecule has 5 rings (SSSR count). The number of carbonyl (C=O) groups is 1. The van der Waals surface area contributed by atoms with Gasteiger partial charge in [0, 0.05) is 16.8 Å². The van der Waals surface area contributed by atoms with Crippen LogP contribution in [0.4, 0.5) is 5.69 Å². The molecule has 0 unspecified atom stereocenters.